The van der Waals surface area contributed by atoms with E-state index in [9.17, 15) is 4.79 Å². The van der Waals surface area contributed by atoms with Gasteiger partial charge in [-0.05, 0) is 13.0 Å². The van der Waals surface area contributed by atoms with Gasteiger partial charge in [0, 0.05) is 27.8 Å². The number of benzene rings is 1. The Hall–Kier alpha value is -1.83. The predicted octanol–water partition coefficient (Wildman–Crippen LogP) is 3.78. The van der Waals surface area contributed by atoms with Crippen LogP contribution in [-0.4, -0.2) is 18.0 Å². The summed E-state index contributed by atoms with van der Waals surface area (Å²) in [5, 5.41) is 2.94. The van der Waals surface area contributed by atoms with Crippen LogP contribution in [0.4, 0.5) is 0 Å². The van der Waals surface area contributed by atoms with Gasteiger partial charge < -0.3 is 4.42 Å². The lowest BCUT2D eigenvalue weighted by Crippen LogP contribution is -2.22. The Kier molecular flexibility index (Phi) is 4.47. The summed E-state index contributed by atoms with van der Waals surface area (Å²) >= 11 is 3.19. The highest BCUT2D eigenvalue weighted by Gasteiger charge is 2.20. The van der Waals surface area contributed by atoms with Crippen molar-refractivity contribution in [2.75, 3.05) is 7.11 Å². The molecule has 0 atom stereocenters. The average Bonchev–Trinajstić information content (AvgIpc) is 3.09. The number of aromatic nitrogens is 1. The van der Waals surface area contributed by atoms with Gasteiger partial charge in [0.15, 0.2) is 5.76 Å². The molecule has 0 fully saturated rings. The van der Waals surface area contributed by atoms with Crippen molar-refractivity contribution in [2.45, 2.75) is 17.0 Å². The summed E-state index contributed by atoms with van der Waals surface area (Å²) in [6.45, 7) is 1.96. The number of furan rings is 1. The number of thiazole rings is 1. The maximum absolute atomic E-state index is 12.1. The van der Waals surface area contributed by atoms with Gasteiger partial charge in [0.2, 0.25) is 0 Å². The third-order valence-electron chi connectivity index (χ3n) is 3.04. The molecule has 7 heteroatoms. The van der Waals surface area contributed by atoms with Crippen LogP contribution in [0.3, 0.4) is 0 Å². The van der Waals surface area contributed by atoms with Gasteiger partial charge in [-0.1, -0.05) is 30.0 Å². The number of hydrogen-bond acceptors (Lipinski definition) is 6. The summed E-state index contributed by atoms with van der Waals surface area (Å²) in [5.41, 5.74) is 4.85. The van der Waals surface area contributed by atoms with E-state index < -0.39 is 0 Å². The van der Waals surface area contributed by atoms with E-state index in [-0.39, 0.29) is 11.7 Å². The van der Waals surface area contributed by atoms with Gasteiger partial charge in [0.1, 0.15) is 9.92 Å². The number of nitrogens with zero attached hydrogens (tertiary/aromatic N) is 1. The Bertz CT molecular complexity index is 810. The fourth-order valence-corrected chi connectivity index (χ4v) is 3.97. The second-order valence-corrected chi connectivity index (χ2v) is 6.67. The van der Waals surface area contributed by atoms with Crippen LogP contribution in [0.15, 0.2) is 38.4 Å². The first-order chi connectivity index (χ1) is 10.7. The van der Waals surface area contributed by atoms with Crippen molar-refractivity contribution in [3.63, 3.8) is 0 Å². The lowest BCUT2D eigenvalue weighted by molar-refractivity contribution is 0.0511. The van der Waals surface area contributed by atoms with Gasteiger partial charge in [0.25, 0.3) is 0 Å². The molecule has 1 aromatic carbocycles. The molecule has 0 bridgehead atoms. The van der Waals surface area contributed by atoms with Gasteiger partial charge in [-0.3, -0.25) is 9.63 Å². The average molecular weight is 334 g/mol. The Balaban J connectivity index is 1.94. The first-order valence-electron chi connectivity index (χ1n) is 6.57. The monoisotopic (exact) mass is 334 g/mol. The molecule has 3 aromatic rings. The van der Waals surface area contributed by atoms with Crippen LogP contribution in [0, 0.1) is 6.92 Å². The van der Waals surface area contributed by atoms with Gasteiger partial charge in [-0.25, -0.2) is 10.5 Å². The molecule has 0 aliphatic heterocycles. The molecule has 0 spiro atoms. The Morgan fingerprint density at radius 1 is 1.45 bits per heavy atom. The Morgan fingerprint density at radius 2 is 2.27 bits per heavy atom. The molecule has 114 valence electrons. The van der Waals surface area contributed by atoms with E-state index in [2.05, 4.69) is 10.5 Å². The van der Waals surface area contributed by atoms with Crippen molar-refractivity contribution in [2.24, 2.45) is 0 Å². The van der Waals surface area contributed by atoms with Crippen molar-refractivity contribution in [3.05, 3.63) is 46.7 Å². The summed E-state index contributed by atoms with van der Waals surface area (Å²) in [4.78, 5) is 21.2. The number of carbonyl (C=O) groups excluding carboxylic acids is 1. The molecule has 0 aliphatic carbocycles. The molecule has 5 nitrogen and oxygen atoms in total. The molecule has 0 saturated heterocycles. The molecule has 0 radical (unpaired) electrons. The summed E-state index contributed by atoms with van der Waals surface area (Å²) in [6, 6.07) is 7.61. The highest BCUT2D eigenvalue weighted by molar-refractivity contribution is 8.00. The first kappa shape index (κ1) is 15.1. The van der Waals surface area contributed by atoms with Crippen LogP contribution >= 0.6 is 23.1 Å². The van der Waals surface area contributed by atoms with E-state index in [0.717, 1.165) is 21.0 Å². The van der Waals surface area contributed by atoms with Crippen molar-refractivity contribution in [1.82, 2.24) is 10.5 Å². The minimum atomic E-state index is -0.385. The molecule has 3 rings (SSSR count). The number of aryl methyl sites for hydroxylation is 1. The van der Waals surface area contributed by atoms with Gasteiger partial charge in [-0.15, -0.1) is 11.3 Å². The van der Waals surface area contributed by atoms with Crippen LogP contribution in [0.5, 0.6) is 0 Å². The first-order valence-corrected chi connectivity index (χ1v) is 8.44. The number of hydroxylamine groups is 1. The summed E-state index contributed by atoms with van der Waals surface area (Å²) < 4.78 is 6.66. The number of thioether (sulfide) groups is 1. The lowest BCUT2D eigenvalue weighted by Gasteiger charge is -2.02. The third-order valence-corrected chi connectivity index (χ3v) is 5.20. The van der Waals surface area contributed by atoms with Crippen molar-refractivity contribution >= 4 is 40.0 Å². The quantitative estimate of drug-likeness (QED) is 0.568. The highest BCUT2D eigenvalue weighted by atomic mass is 32.2. The SMILES string of the molecule is CONC(=O)c1oc2ccccc2c1CSc1nc(C)cs1. The van der Waals surface area contributed by atoms with Crippen LogP contribution in [0.25, 0.3) is 11.0 Å². The van der Waals surface area contributed by atoms with Crippen LogP contribution in [-0.2, 0) is 10.6 Å². The number of nitrogens with one attached hydrogen (secondary N) is 1. The fraction of sp³-hybridized carbons (Fsp3) is 0.200. The fourth-order valence-electron chi connectivity index (χ4n) is 2.10. The molecular formula is C15H14N2O3S2. The highest BCUT2D eigenvalue weighted by Crippen LogP contribution is 2.33. The van der Waals surface area contributed by atoms with E-state index >= 15 is 0 Å². The number of hydrogen-bond donors (Lipinski definition) is 1. The third kappa shape index (κ3) is 3.01. The molecular weight excluding hydrogens is 320 g/mol. The molecule has 2 aromatic heterocycles. The largest absolute Gasteiger partial charge is 0.450 e. The van der Waals surface area contributed by atoms with E-state index in [1.54, 1.807) is 23.1 Å². The van der Waals surface area contributed by atoms with Crippen molar-refractivity contribution in [1.29, 1.82) is 0 Å². The molecule has 0 aliphatic rings. The number of carbonyl (C=O) groups is 1. The maximum atomic E-state index is 12.1. The number of rotatable bonds is 5. The normalized spacial score (nSPS) is 11.0. The van der Waals surface area contributed by atoms with E-state index in [0.29, 0.717) is 11.3 Å². The summed E-state index contributed by atoms with van der Waals surface area (Å²) in [7, 11) is 1.40. The second kappa shape index (κ2) is 6.51. The van der Waals surface area contributed by atoms with Gasteiger partial charge in [0.05, 0.1) is 7.11 Å². The Morgan fingerprint density at radius 3 is 3.00 bits per heavy atom. The summed E-state index contributed by atoms with van der Waals surface area (Å²) in [6.07, 6.45) is 0. The smallest absolute Gasteiger partial charge is 0.310 e. The lowest BCUT2D eigenvalue weighted by atomic mass is 10.1. The predicted molar refractivity (Wildman–Crippen MR) is 87.1 cm³/mol. The second-order valence-electron chi connectivity index (χ2n) is 4.58. The maximum Gasteiger partial charge on any atom is 0.310 e. The minimum absolute atomic E-state index is 0.281. The van der Waals surface area contributed by atoms with Crippen LogP contribution in [0.2, 0.25) is 0 Å². The molecule has 22 heavy (non-hydrogen) atoms. The van der Waals surface area contributed by atoms with Gasteiger partial charge in [-0.2, -0.15) is 0 Å². The topological polar surface area (TPSA) is 64.4 Å². The van der Waals surface area contributed by atoms with E-state index in [1.165, 1.54) is 7.11 Å². The van der Waals surface area contributed by atoms with Crippen LogP contribution < -0.4 is 5.48 Å². The molecule has 2 heterocycles. The standard InChI is InChI=1S/C15H14N2O3S2/c1-9-7-21-15(16-9)22-8-11-10-5-3-4-6-12(10)20-13(11)14(18)17-19-2/h3-7H,8H2,1-2H3,(H,17,18). The Labute approximate surface area is 135 Å². The van der Waals surface area contributed by atoms with Crippen LogP contribution in [0.1, 0.15) is 21.8 Å². The van der Waals surface area contributed by atoms with Crippen molar-refractivity contribution in [3.8, 4) is 0 Å². The zero-order valence-corrected chi connectivity index (χ0v) is 13.7. The summed E-state index contributed by atoms with van der Waals surface area (Å²) in [5.74, 6) is 0.504. The molecule has 0 saturated carbocycles. The molecule has 1 amide bonds. The number of para-hydroxylation sites is 1. The van der Waals surface area contributed by atoms with E-state index in [1.807, 2.05) is 36.6 Å². The number of amides is 1. The molecule has 1 N–H and O–H groups in total. The minimum Gasteiger partial charge on any atom is -0.450 e. The van der Waals surface area contributed by atoms with Gasteiger partial charge >= 0.3 is 5.91 Å². The zero-order chi connectivity index (χ0) is 15.5. The van der Waals surface area contributed by atoms with Crippen molar-refractivity contribution < 1.29 is 14.0 Å². The molecule has 0 unspecified atom stereocenters. The number of fused-ring (bicyclic) bond motifs is 1. The van der Waals surface area contributed by atoms with E-state index in [4.69, 9.17) is 9.25 Å². The zero-order valence-electron chi connectivity index (χ0n) is 12.1.